The summed E-state index contributed by atoms with van der Waals surface area (Å²) in [6.07, 6.45) is 4.05. The summed E-state index contributed by atoms with van der Waals surface area (Å²) in [7, 11) is 0. The largest absolute Gasteiger partial charge is 0.370 e. The van der Waals surface area contributed by atoms with Crippen LogP contribution in [0.15, 0.2) is 47.1 Å². The first-order valence-electron chi connectivity index (χ1n) is 9.77. The first-order valence-corrected chi connectivity index (χ1v) is 9.77. The lowest BCUT2D eigenvalue weighted by atomic mass is 9.93. The Morgan fingerprint density at radius 2 is 1.90 bits per heavy atom. The molecule has 150 valence electrons. The molecule has 7 heteroatoms. The van der Waals surface area contributed by atoms with E-state index in [9.17, 15) is 4.79 Å². The van der Waals surface area contributed by atoms with Crippen molar-refractivity contribution in [1.82, 2.24) is 10.1 Å². The number of benzene rings is 1. The summed E-state index contributed by atoms with van der Waals surface area (Å²) in [5, 5.41) is 12.7. The molecule has 0 saturated heterocycles. The third-order valence-electron chi connectivity index (χ3n) is 4.85. The van der Waals surface area contributed by atoms with Crippen LogP contribution in [-0.4, -0.2) is 22.7 Å². The highest BCUT2D eigenvalue weighted by Gasteiger charge is 2.20. The van der Waals surface area contributed by atoms with Gasteiger partial charge in [0.2, 0.25) is 0 Å². The van der Waals surface area contributed by atoms with E-state index in [2.05, 4.69) is 32.2 Å². The van der Waals surface area contributed by atoms with Crippen molar-refractivity contribution in [2.24, 2.45) is 0 Å². The number of pyridine rings is 1. The number of hydrogen-bond donors (Lipinski definition) is 3. The smallest absolute Gasteiger partial charge is 0.324 e. The van der Waals surface area contributed by atoms with E-state index in [1.807, 2.05) is 51.2 Å². The van der Waals surface area contributed by atoms with Crippen molar-refractivity contribution >= 4 is 23.4 Å². The first-order chi connectivity index (χ1) is 13.9. The van der Waals surface area contributed by atoms with Crippen LogP contribution in [-0.2, 0) is 11.8 Å². The lowest BCUT2D eigenvalue weighted by Gasteiger charge is -2.17. The number of amides is 2. The standard InChI is InChI=1S/C22H25N5O2/c1-22(2,3)18-12-19(27-29-18)26-21(28)25-17-8-6-14(7-9-17)16-11-15-5-4-10-23-20(15)24-13-16/h6-9,11-13H,4-5,10H2,1-3H3,(H,23,24)(H2,25,26,27,28). The SMILES string of the molecule is CC(C)(C)c1cc(NC(=O)Nc2ccc(-c3cnc4c(c3)CCCN4)cc2)no1. The third-order valence-corrected chi connectivity index (χ3v) is 4.85. The fraction of sp³-hybridized carbons (Fsp3) is 0.318. The van der Waals surface area contributed by atoms with E-state index in [1.165, 1.54) is 5.56 Å². The van der Waals surface area contributed by atoms with Crippen LogP contribution >= 0.6 is 0 Å². The molecule has 0 aliphatic carbocycles. The molecule has 29 heavy (non-hydrogen) atoms. The minimum atomic E-state index is -0.368. The molecule has 1 aliphatic heterocycles. The van der Waals surface area contributed by atoms with Gasteiger partial charge in [0.05, 0.1) is 0 Å². The maximum absolute atomic E-state index is 12.2. The maximum atomic E-state index is 12.2. The van der Waals surface area contributed by atoms with Gasteiger partial charge in [-0.3, -0.25) is 5.32 Å². The Balaban J connectivity index is 1.40. The minimum absolute atomic E-state index is 0.166. The monoisotopic (exact) mass is 391 g/mol. The number of hydrogen-bond acceptors (Lipinski definition) is 5. The number of anilines is 3. The van der Waals surface area contributed by atoms with Crippen LogP contribution in [0.1, 0.15) is 38.5 Å². The molecule has 3 heterocycles. The molecule has 3 aromatic rings. The van der Waals surface area contributed by atoms with E-state index in [4.69, 9.17) is 4.52 Å². The summed E-state index contributed by atoms with van der Waals surface area (Å²) in [4.78, 5) is 16.8. The number of nitrogens with zero attached hydrogens (tertiary/aromatic N) is 2. The first kappa shape index (κ1) is 19.0. The van der Waals surface area contributed by atoms with Crippen molar-refractivity contribution in [3.8, 4) is 11.1 Å². The molecule has 1 aromatic carbocycles. The van der Waals surface area contributed by atoms with Crippen LogP contribution in [0.3, 0.4) is 0 Å². The van der Waals surface area contributed by atoms with Crippen LogP contribution in [0.4, 0.5) is 22.1 Å². The van der Waals surface area contributed by atoms with Crippen LogP contribution in [0.25, 0.3) is 11.1 Å². The molecule has 0 saturated carbocycles. The molecule has 0 unspecified atom stereocenters. The highest BCUT2D eigenvalue weighted by molar-refractivity contribution is 5.99. The molecule has 0 fully saturated rings. The van der Waals surface area contributed by atoms with Crippen molar-refractivity contribution in [2.75, 3.05) is 22.5 Å². The number of aromatic nitrogens is 2. The van der Waals surface area contributed by atoms with Crippen LogP contribution in [0.5, 0.6) is 0 Å². The van der Waals surface area contributed by atoms with E-state index >= 15 is 0 Å². The lowest BCUT2D eigenvalue weighted by molar-refractivity contribution is 0.262. The number of carbonyl (C=O) groups excluding carboxylic acids is 1. The zero-order valence-electron chi connectivity index (χ0n) is 16.9. The Morgan fingerprint density at radius 3 is 2.62 bits per heavy atom. The highest BCUT2D eigenvalue weighted by Crippen LogP contribution is 2.27. The van der Waals surface area contributed by atoms with Gasteiger partial charge in [0.1, 0.15) is 11.6 Å². The van der Waals surface area contributed by atoms with Gasteiger partial charge >= 0.3 is 6.03 Å². The van der Waals surface area contributed by atoms with E-state index < -0.39 is 0 Å². The third kappa shape index (κ3) is 4.39. The Morgan fingerprint density at radius 1 is 1.10 bits per heavy atom. The number of fused-ring (bicyclic) bond motifs is 1. The van der Waals surface area contributed by atoms with E-state index in [0.717, 1.165) is 36.3 Å². The van der Waals surface area contributed by atoms with Gasteiger partial charge in [-0.25, -0.2) is 9.78 Å². The summed E-state index contributed by atoms with van der Waals surface area (Å²) in [5.41, 5.74) is 3.90. The number of aryl methyl sites for hydroxylation is 1. The number of nitrogens with one attached hydrogen (secondary N) is 3. The quantitative estimate of drug-likeness (QED) is 0.582. The number of rotatable bonds is 3. The van der Waals surface area contributed by atoms with E-state index in [-0.39, 0.29) is 11.4 Å². The van der Waals surface area contributed by atoms with Crippen molar-refractivity contribution in [3.63, 3.8) is 0 Å². The predicted octanol–water partition coefficient (Wildman–Crippen LogP) is 5.04. The average Bonchev–Trinajstić information content (AvgIpc) is 3.17. The van der Waals surface area contributed by atoms with Gasteiger partial charge in [0.25, 0.3) is 0 Å². The Bertz CT molecular complexity index is 1020. The maximum Gasteiger partial charge on any atom is 0.324 e. The summed E-state index contributed by atoms with van der Waals surface area (Å²) >= 11 is 0. The lowest BCUT2D eigenvalue weighted by Crippen LogP contribution is -2.19. The normalized spacial score (nSPS) is 13.3. The van der Waals surface area contributed by atoms with Gasteiger partial charge in [-0.15, -0.1) is 0 Å². The van der Waals surface area contributed by atoms with E-state index in [1.54, 1.807) is 6.07 Å². The molecule has 2 aromatic heterocycles. The molecule has 0 spiro atoms. The van der Waals surface area contributed by atoms with Crippen LogP contribution in [0, 0.1) is 0 Å². The second-order valence-corrected chi connectivity index (χ2v) is 8.24. The number of urea groups is 1. The molecular weight excluding hydrogens is 366 g/mol. The van der Waals surface area contributed by atoms with Crippen molar-refractivity contribution in [3.05, 3.63) is 53.9 Å². The van der Waals surface area contributed by atoms with E-state index in [0.29, 0.717) is 17.3 Å². The topological polar surface area (TPSA) is 92.1 Å². The van der Waals surface area contributed by atoms with Gasteiger partial charge in [-0.2, -0.15) is 0 Å². The van der Waals surface area contributed by atoms with Crippen molar-refractivity contribution in [1.29, 1.82) is 0 Å². The summed E-state index contributed by atoms with van der Waals surface area (Å²) in [5.74, 6) is 2.08. The molecule has 7 nitrogen and oxygen atoms in total. The highest BCUT2D eigenvalue weighted by atomic mass is 16.5. The number of carbonyl (C=O) groups is 1. The van der Waals surface area contributed by atoms with Crippen LogP contribution in [0.2, 0.25) is 0 Å². The second-order valence-electron chi connectivity index (χ2n) is 8.24. The minimum Gasteiger partial charge on any atom is -0.370 e. The van der Waals surface area contributed by atoms with Gasteiger partial charge in [-0.1, -0.05) is 38.1 Å². The Labute approximate surface area is 169 Å². The molecule has 0 atom stereocenters. The second kappa shape index (κ2) is 7.58. The summed E-state index contributed by atoms with van der Waals surface area (Å²) in [6.45, 7) is 7.04. The van der Waals surface area contributed by atoms with Gasteiger partial charge in [-0.05, 0) is 42.2 Å². The Kier molecular flexibility index (Phi) is 4.96. The van der Waals surface area contributed by atoms with Gasteiger partial charge in [0.15, 0.2) is 5.82 Å². The molecule has 0 bridgehead atoms. The van der Waals surface area contributed by atoms with Crippen molar-refractivity contribution < 1.29 is 9.32 Å². The molecule has 1 aliphatic rings. The summed E-state index contributed by atoms with van der Waals surface area (Å²) in [6, 6.07) is 11.2. The molecular formula is C22H25N5O2. The van der Waals surface area contributed by atoms with Crippen LogP contribution < -0.4 is 16.0 Å². The molecule has 4 rings (SSSR count). The predicted molar refractivity (Wildman–Crippen MR) is 114 cm³/mol. The fourth-order valence-electron chi connectivity index (χ4n) is 3.22. The zero-order valence-corrected chi connectivity index (χ0v) is 16.9. The Hall–Kier alpha value is -3.35. The zero-order chi connectivity index (χ0) is 20.4. The van der Waals surface area contributed by atoms with Crippen molar-refractivity contribution in [2.45, 2.75) is 39.0 Å². The summed E-state index contributed by atoms with van der Waals surface area (Å²) < 4.78 is 5.28. The van der Waals surface area contributed by atoms with Gasteiger partial charge < -0.3 is 15.2 Å². The fourth-order valence-corrected chi connectivity index (χ4v) is 3.22. The average molecular weight is 391 g/mol. The molecule has 0 radical (unpaired) electrons. The molecule has 2 amide bonds. The van der Waals surface area contributed by atoms with Gasteiger partial charge in [0, 0.05) is 35.5 Å². The molecule has 3 N–H and O–H groups in total.